The van der Waals surface area contributed by atoms with Crippen molar-refractivity contribution in [2.24, 2.45) is 0 Å². The van der Waals surface area contributed by atoms with Crippen LogP contribution in [0.1, 0.15) is 23.8 Å². The van der Waals surface area contributed by atoms with Gasteiger partial charge in [-0.2, -0.15) is 5.10 Å². The largest absolute Gasteiger partial charge is 0.494 e. The van der Waals surface area contributed by atoms with Crippen LogP contribution in [-0.4, -0.2) is 67.1 Å². The average Bonchev–Trinajstić information content (AvgIpc) is 3.04. The quantitative estimate of drug-likeness (QED) is 0.823. The summed E-state index contributed by atoms with van der Waals surface area (Å²) >= 11 is 0. The molecular weight excluding hydrogens is 320 g/mol. The van der Waals surface area contributed by atoms with Gasteiger partial charge >= 0.3 is 0 Å². The minimum atomic E-state index is -0.134. The van der Waals surface area contributed by atoms with E-state index >= 15 is 0 Å². The monoisotopic (exact) mass is 346 g/mol. The molecule has 136 valence electrons. The van der Waals surface area contributed by atoms with Crippen LogP contribution in [-0.2, 0) is 11.3 Å². The summed E-state index contributed by atoms with van der Waals surface area (Å²) in [6.45, 7) is 7.65. The van der Waals surface area contributed by atoms with E-state index in [0.29, 0.717) is 18.8 Å². The molecule has 0 radical (unpaired) electrons. The molecule has 0 unspecified atom stereocenters. The van der Waals surface area contributed by atoms with Gasteiger partial charge < -0.3 is 14.8 Å². The molecule has 1 aromatic heterocycles. The fourth-order valence-corrected chi connectivity index (χ4v) is 3.08. The molecule has 25 heavy (non-hydrogen) atoms. The molecule has 1 saturated heterocycles. The first-order chi connectivity index (χ1) is 12.2. The summed E-state index contributed by atoms with van der Waals surface area (Å²) in [7, 11) is 1.64. The van der Waals surface area contributed by atoms with Gasteiger partial charge in [-0.1, -0.05) is 19.1 Å². The number of ether oxygens (including phenoxy) is 2. The fraction of sp³-hybridized carbons (Fsp3) is 0.556. The van der Waals surface area contributed by atoms with E-state index in [0.717, 1.165) is 55.9 Å². The zero-order valence-electron chi connectivity index (χ0n) is 15.0. The van der Waals surface area contributed by atoms with Crippen molar-refractivity contribution in [1.29, 1.82) is 0 Å². The van der Waals surface area contributed by atoms with Crippen molar-refractivity contribution in [3.05, 3.63) is 23.9 Å². The minimum absolute atomic E-state index is 0.134. The number of carbonyl (C=O) groups is 1. The summed E-state index contributed by atoms with van der Waals surface area (Å²) in [5, 5.41) is 8.35. The van der Waals surface area contributed by atoms with Gasteiger partial charge in [-0.3, -0.25) is 14.4 Å². The number of para-hydroxylation sites is 1. The molecule has 7 heteroatoms. The Hall–Kier alpha value is -2.12. The van der Waals surface area contributed by atoms with Crippen LogP contribution in [0.25, 0.3) is 10.9 Å². The zero-order chi connectivity index (χ0) is 17.6. The van der Waals surface area contributed by atoms with Crippen molar-refractivity contribution >= 4 is 16.8 Å². The first kappa shape index (κ1) is 17.7. The Balaban J connectivity index is 1.88. The molecule has 1 fully saturated rings. The number of benzene rings is 1. The number of methoxy groups -OCH3 is 1. The Kier molecular flexibility index (Phi) is 5.88. The second kappa shape index (κ2) is 8.31. The minimum Gasteiger partial charge on any atom is -0.494 e. The van der Waals surface area contributed by atoms with Gasteiger partial charge in [0.25, 0.3) is 5.91 Å². The van der Waals surface area contributed by atoms with Gasteiger partial charge in [-0.25, -0.2) is 0 Å². The Morgan fingerprint density at radius 2 is 2.12 bits per heavy atom. The van der Waals surface area contributed by atoms with Crippen molar-refractivity contribution in [2.75, 3.05) is 46.5 Å². The van der Waals surface area contributed by atoms with Gasteiger partial charge in [0.05, 0.1) is 26.9 Å². The molecule has 1 aliphatic rings. The number of amides is 1. The summed E-state index contributed by atoms with van der Waals surface area (Å²) in [6.07, 6.45) is 0.894. The number of aromatic nitrogens is 2. The molecular formula is C18H26N4O3. The number of fused-ring (bicyclic) bond motifs is 1. The highest BCUT2D eigenvalue weighted by molar-refractivity contribution is 6.06. The van der Waals surface area contributed by atoms with Crippen LogP contribution in [0.3, 0.4) is 0 Å². The molecule has 7 nitrogen and oxygen atoms in total. The second-order valence-corrected chi connectivity index (χ2v) is 6.14. The number of morpholine rings is 1. The lowest BCUT2D eigenvalue weighted by Gasteiger charge is -2.26. The summed E-state index contributed by atoms with van der Waals surface area (Å²) in [5.41, 5.74) is 1.34. The first-order valence-electron chi connectivity index (χ1n) is 8.86. The molecule has 2 aromatic rings. The van der Waals surface area contributed by atoms with Gasteiger partial charge in [0, 0.05) is 31.6 Å². The van der Waals surface area contributed by atoms with E-state index in [-0.39, 0.29) is 5.91 Å². The lowest BCUT2D eigenvalue weighted by Crippen LogP contribution is -2.38. The Morgan fingerprint density at radius 3 is 2.84 bits per heavy atom. The molecule has 1 aliphatic heterocycles. The van der Waals surface area contributed by atoms with Crippen LogP contribution in [0.15, 0.2) is 18.2 Å². The number of hydrogen-bond acceptors (Lipinski definition) is 5. The average molecular weight is 346 g/mol. The van der Waals surface area contributed by atoms with Gasteiger partial charge in [-0.05, 0) is 12.5 Å². The smallest absolute Gasteiger partial charge is 0.272 e. The molecule has 3 rings (SSSR count). The third kappa shape index (κ3) is 3.93. The highest BCUT2D eigenvalue weighted by Gasteiger charge is 2.20. The predicted octanol–water partition coefficient (Wildman–Crippen LogP) is 1.52. The van der Waals surface area contributed by atoms with Crippen molar-refractivity contribution in [3.63, 3.8) is 0 Å². The third-order valence-corrected chi connectivity index (χ3v) is 4.44. The van der Waals surface area contributed by atoms with Crippen LogP contribution in [0.2, 0.25) is 0 Å². The molecule has 2 heterocycles. The standard InChI is InChI=1S/C18H26N4O3/c1-3-7-19-18(23)16-14-5-4-6-15(24-2)17(14)22(20-16)9-8-21-10-12-25-13-11-21/h4-6H,3,7-13H2,1-2H3,(H,19,23). The van der Waals surface area contributed by atoms with Crippen LogP contribution in [0, 0.1) is 0 Å². The van der Waals surface area contributed by atoms with E-state index in [1.165, 1.54) is 0 Å². The summed E-state index contributed by atoms with van der Waals surface area (Å²) in [5.74, 6) is 0.603. The van der Waals surface area contributed by atoms with Gasteiger partial charge in [0.2, 0.25) is 0 Å². The van der Waals surface area contributed by atoms with Crippen LogP contribution >= 0.6 is 0 Å². The van der Waals surface area contributed by atoms with Crippen LogP contribution in [0.4, 0.5) is 0 Å². The molecule has 0 saturated carbocycles. The third-order valence-electron chi connectivity index (χ3n) is 4.44. The summed E-state index contributed by atoms with van der Waals surface area (Å²) in [6, 6.07) is 5.73. The highest BCUT2D eigenvalue weighted by atomic mass is 16.5. The van der Waals surface area contributed by atoms with Crippen molar-refractivity contribution in [2.45, 2.75) is 19.9 Å². The lowest BCUT2D eigenvalue weighted by atomic mass is 10.2. The van der Waals surface area contributed by atoms with E-state index in [2.05, 4.69) is 15.3 Å². The maximum absolute atomic E-state index is 12.5. The van der Waals surface area contributed by atoms with E-state index < -0.39 is 0 Å². The lowest BCUT2D eigenvalue weighted by molar-refractivity contribution is 0.0361. The number of carbonyl (C=O) groups excluding carboxylic acids is 1. The van der Waals surface area contributed by atoms with E-state index in [9.17, 15) is 4.79 Å². The highest BCUT2D eigenvalue weighted by Crippen LogP contribution is 2.28. The Labute approximate surface area is 147 Å². The molecule has 1 N–H and O–H groups in total. The Morgan fingerprint density at radius 1 is 1.32 bits per heavy atom. The summed E-state index contributed by atoms with van der Waals surface area (Å²) < 4.78 is 12.8. The maximum atomic E-state index is 12.5. The molecule has 0 bridgehead atoms. The molecule has 1 amide bonds. The normalized spacial score (nSPS) is 15.4. The van der Waals surface area contributed by atoms with E-state index in [1.807, 2.05) is 29.8 Å². The van der Waals surface area contributed by atoms with E-state index in [4.69, 9.17) is 9.47 Å². The van der Waals surface area contributed by atoms with Gasteiger partial charge in [0.1, 0.15) is 11.3 Å². The zero-order valence-corrected chi connectivity index (χ0v) is 15.0. The first-order valence-corrected chi connectivity index (χ1v) is 8.86. The fourth-order valence-electron chi connectivity index (χ4n) is 3.08. The second-order valence-electron chi connectivity index (χ2n) is 6.14. The molecule has 0 spiro atoms. The molecule has 0 aliphatic carbocycles. The van der Waals surface area contributed by atoms with Crippen LogP contribution in [0.5, 0.6) is 5.75 Å². The molecule has 1 aromatic carbocycles. The molecule has 0 atom stereocenters. The number of nitrogens with one attached hydrogen (secondary N) is 1. The number of hydrogen-bond donors (Lipinski definition) is 1. The van der Waals surface area contributed by atoms with Crippen LogP contribution < -0.4 is 10.1 Å². The number of nitrogens with zero attached hydrogens (tertiary/aromatic N) is 3. The van der Waals surface area contributed by atoms with Crippen molar-refractivity contribution < 1.29 is 14.3 Å². The van der Waals surface area contributed by atoms with Gasteiger partial charge in [0.15, 0.2) is 5.69 Å². The SMILES string of the molecule is CCCNC(=O)c1nn(CCN2CCOCC2)c2c(OC)cccc12. The maximum Gasteiger partial charge on any atom is 0.272 e. The summed E-state index contributed by atoms with van der Waals surface area (Å²) in [4.78, 5) is 14.8. The van der Waals surface area contributed by atoms with Crippen molar-refractivity contribution in [3.8, 4) is 5.75 Å². The Bertz CT molecular complexity index is 722. The van der Waals surface area contributed by atoms with Gasteiger partial charge in [-0.15, -0.1) is 0 Å². The number of rotatable bonds is 7. The predicted molar refractivity (Wildman–Crippen MR) is 96.2 cm³/mol. The van der Waals surface area contributed by atoms with E-state index in [1.54, 1.807) is 7.11 Å². The van der Waals surface area contributed by atoms with Crippen molar-refractivity contribution in [1.82, 2.24) is 20.0 Å². The topological polar surface area (TPSA) is 68.6 Å².